The van der Waals surface area contributed by atoms with Crippen molar-refractivity contribution in [3.8, 4) is 0 Å². The number of hydrogen-bond acceptors (Lipinski definition) is 2. The average molecular weight is 165 g/mol. The van der Waals surface area contributed by atoms with Crippen molar-refractivity contribution in [1.82, 2.24) is 9.78 Å². The first-order valence-electron chi connectivity index (χ1n) is 4.53. The van der Waals surface area contributed by atoms with Crippen molar-refractivity contribution in [2.45, 2.75) is 26.3 Å². The van der Waals surface area contributed by atoms with Crippen molar-refractivity contribution in [3.63, 3.8) is 0 Å². The summed E-state index contributed by atoms with van der Waals surface area (Å²) in [4.78, 5) is 0. The standard InChI is InChI=1S/C9H15N3/c1-7-2-3-8(7)5-12-6-9(10)4-11-12/h4,6-8H,2-3,5,10H2,1H3/t7-,8+/m1/s1. The highest BCUT2D eigenvalue weighted by Gasteiger charge is 2.26. The third-order valence-corrected chi connectivity index (χ3v) is 2.87. The van der Waals surface area contributed by atoms with E-state index in [1.54, 1.807) is 6.20 Å². The van der Waals surface area contributed by atoms with Crippen molar-refractivity contribution in [2.75, 3.05) is 5.73 Å². The van der Waals surface area contributed by atoms with Gasteiger partial charge in [-0.15, -0.1) is 0 Å². The molecule has 1 aliphatic rings. The minimum atomic E-state index is 0.766. The summed E-state index contributed by atoms with van der Waals surface area (Å²) in [6.07, 6.45) is 6.34. The van der Waals surface area contributed by atoms with Crippen LogP contribution in [0.2, 0.25) is 0 Å². The van der Waals surface area contributed by atoms with Crippen LogP contribution < -0.4 is 5.73 Å². The molecule has 2 atom stereocenters. The molecule has 2 rings (SSSR count). The normalized spacial score (nSPS) is 28.4. The van der Waals surface area contributed by atoms with Gasteiger partial charge >= 0.3 is 0 Å². The van der Waals surface area contributed by atoms with Crippen LogP contribution in [0.15, 0.2) is 12.4 Å². The molecule has 0 aliphatic heterocycles. The zero-order chi connectivity index (χ0) is 8.55. The molecule has 0 radical (unpaired) electrons. The first-order chi connectivity index (χ1) is 5.75. The molecule has 66 valence electrons. The van der Waals surface area contributed by atoms with Gasteiger partial charge in [0.15, 0.2) is 0 Å². The second kappa shape index (κ2) is 2.81. The first-order valence-corrected chi connectivity index (χ1v) is 4.53. The van der Waals surface area contributed by atoms with E-state index in [1.807, 2.05) is 10.9 Å². The Morgan fingerprint density at radius 3 is 2.92 bits per heavy atom. The summed E-state index contributed by atoms with van der Waals surface area (Å²) in [5.41, 5.74) is 6.33. The average Bonchev–Trinajstić information content (AvgIpc) is 2.44. The van der Waals surface area contributed by atoms with Crippen molar-refractivity contribution in [2.24, 2.45) is 11.8 Å². The fourth-order valence-electron chi connectivity index (χ4n) is 1.73. The number of hydrogen-bond donors (Lipinski definition) is 1. The molecule has 0 spiro atoms. The summed E-state index contributed by atoms with van der Waals surface area (Å²) >= 11 is 0. The Morgan fingerprint density at radius 2 is 2.50 bits per heavy atom. The maximum atomic E-state index is 5.57. The Labute approximate surface area is 72.6 Å². The Bertz CT molecular complexity index is 266. The van der Waals surface area contributed by atoms with Crippen LogP contribution in [0.25, 0.3) is 0 Å². The summed E-state index contributed by atoms with van der Waals surface area (Å²) in [6, 6.07) is 0. The molecule has 2 N–H and O–H groups in total. The fourth-order valence-corrected chi connectivity index (χ4v) is 1.73. The molecule has 1 aromatic rings. The van der Waals surface area contributed by atoms with E-state index in [0.717, 1.165) is 24.1 Å². The van der Waals surface area contributed by atoms with Crippen molar-refractivity contribution in [3.05, 3.63) is 12.4 Å². The van der Waals surface area contributed by atoms with E-state index in [-0.39, 0.29) is 0 Å². The number of nitrogens with zero attached hydrogens (tertiary/aromatic N) is 2. The summed E-state index contributed by atoms with van der Waals surface area (Å²) in [6.45, 7) is 3.35. The molecule has 0 saturated heterocycles. The number of nitrogen functional groups attached to an aromatic ring is 1. The molecule has 0 unspecified atom stereocenters. The lowest BCUT2D eigenvalue weighted by Crippen LogP contribution is -2.27. The van der Waals surface area contributed by atoms with Crippen LogP contribution >= 0.6 is 0 Å². The van der Waals surface area contributed by atoms with E-state index in [1.165, 1.54) is 12.8 Å². The Morgan fingerprint density at radius 1 is 1.67 bits per heavy atom. The topological polar surface area (TPSA) is 43.8 Å². The van der Waals surface area contributed by atoms with Crippen LogP contribution in [0.5, 0.6) is 0 Å². The van der Waals surface area contributed by atoms with Crippen molar-refractivity contribution in [1.29, 1.82) is 0 Å². The Kier molecular flexibility index (Phi) is 1.79. The minimum Gasteiger partial charge on any atom is -0.396 e. The van der Waals surface area contributed by atoms with Crippen molar-refractivity contribution < 1.29 is 0 Å². The third-order valence-electron chi connectivity index (χ3n) is 2.87. The predicted molar refractivity (Wildman–Crippen MR) is 48.5 cm³/mol. The lowest BCUT2D eigenvalue weighted by Gasteiger charge is -2.33. The molecule has 3 nitrogen and oxygen atoms in total. The summed E-state index contributed by atoms with van der Waals surface area (Å²) in [5, 5.41) is 4.16. The van der Waals surface area contributed by atoms with Gasteiger partial charge in [0.25, 0.3) is 0 Å². The van der Waals surface area contributed by atoms with E-state index >= 15 is 0 Å². The van der Waals surface area contributed by atoms with Gasteiger partial charge in [0.1, 0.15) is 0 Å². The molecule has 12 heavy (non-hydrogen) atoms. The summed E-state index contributed by atoms with van der Waals surface area (Å²) in [7, 11) is 0. The van der Waals surface area contributed by atoms with Crippen LogP contribution in [0, 0.1) is 11.8 Å². The largest absolute Gasteiger partial charge is 0.396 e. The van der Waals surface area contributed by atoms with E-state index in [9.17, 15) is 0 Å². The highest BCUT2D eigenvalue weighted by Crippen LogP contribution is 2.34. The zero-order valence-electron chi connectivity index (χ0n) is 7.40. The van der Waals surface area contributed by atoms with Crippen LogP contribution in [-0.4, -0.2) is 9.78 Å². The molecule has 0 amide bonds. The van der Waals surface area contributed by atoms with Crippen LogP contribution in [-0.2, 0) is 6.54 Å². The fraction of sp³-hybridized carbons (Fsp3) is 0.667. The van der Waals surface area contributed by atoms with Gasteiger partial charge in [-0.1, -0.05) is 13.3 Å². The molecule has 1 aliphatic carbocycles. The van der Waals surface area contributed by atoms with Gasteiger partial charge in [-0.05, 0) is 18.3 Å². The van der Waals surface area contributed by atoms with Gasteiger partial charge < -0.3 is 5.73 Å². The van der Waals surface area contributed by atoms with Gasteiger partial charge in [0.2, 0.25) is 0 Å². The smallest absolute Gasteiger partial charge is 0.0719 e. The Balaban J connectivity index is 1.95. The summed E-state index contributed by atoms with van der Waals surface area (Å²) < 4.78 is 1.95. The molecule has 1 fully saturated rings. The minimum absolute atomic E-state index is 0.766. The monoisotopic (exact) mass is 165 g/mol. The highest BCUT2D eigenvalue weighted by atomic mass is 15.3. The number of rotatable bonds is 2. The zero-order valence-corrected chi connectivity index (χ0v) is 7.40. The molecule has 1 heterocycles. The van der Waals surface area contributed by atoms with Crippen LogP contribution in [0.3, 0.4) is 0 Å². The van der Waals surface area contributed by atoms with Gasteiger partial charge in [-0.2, -0.15) is 5.10 Å². The number of anilines is 1. The number of aromatic nitrogens is 2. The van der Waals surface area contributed by atoms with Gasteiger partial charge in [-0.3, -0.25) is 4.68 Å². The predicted octanol–water partition coefficient (Wildman–Crippen LogP) is 1.51. The molecular weight excluding hydrogens is 150 g/mol. The lowest BCUT2D eigenvalue weighted by molar-refractivity contribution is 0.165. The summed E-state index contributed by atoms with van der Waals surface area (Å²) in [5.74, 6) is 1.69. The second-order valence-corrected chi connectivity index (χ2v) is 3.81. The van der Waals surface area contributed by atoms with Gasteiger partial charge in [-0.25, -0.2) is 0 Å². The lowest BCUT2D eigenvalue weighted by atomic mass is 9.75. The van der Waals surface area contributed by atoms with Crippen LogP contribution in [0.4, 0.5) is 5.69 Å². The first kappa shape index (κ1) is 7.65. The molecule has 0 bridgehead atoms. The quantitative estimate of drug-likeness (QED) is 0.722. The SMILES string of the molecule is C[C@@H]1CC[C@H]1Cn1cc(N)cn1. The molecule has 1 aromatic heterocycles. The highest BCUT2D eigenvalue weighted by molar-refractivity contribution is 5.30. The molecule has 1 saturated carbocycles. The number of nitrogens with two attached hydrogens (primary N) is 1. The Hall–Kier alpha value is -0.990. The molecule has 3 heteroatoms. The van der Waals surface area contributed by atoms with E-state index in [2.05, 4.69) is 12.0 Å². The maximum absolute atomic E-state index is 5.57. The van der Waals surface area contributed by atoms with E-state index in [0.29, 0.717) is 0 Å². The molecular formula is C9H15N3. The van der Waals surface area contributed by atoms with Crippen molar-refractivity contribution >= 4 is 5.69 Å². The van der Waals surface area contributed by atoms with Crippen LogP contribution in [0.1, 0.15) is 19.8 Å². The van der Waals surface area contributed by atoms with Gasteiger partial charge in [0.05, 0.1) is 11.9 Å². The maximum Gasteiger partial charge on any atom is 0.0719 e. The van der Waals surface area contributed by atoms with E-state index in [4.69, 9.17) is 5.73 Å². The van der Waals surface area contributed by atoms with Gasteiger partial charge in [0, 0.05) is 12.7 Å². The molecule has 0 aromatic carbocycles. The third kappa shape index (κ3) is 1.31. The second-order valence-electron chi connectivity index (χ2n) is 3.81. The van der Waals surface area contributed by atoms with E-state index < -0.39 is 0 Å².